The molecule has 2 rings (SSSR count). The van der Waals surface area contributed by atoms with Crippen LogP contribution in [0.15, 0.2) is 41.6 Å². The Balaban J connectivity index is 2.34. The van der Waals surface area contributed by atoms with Crippen molar-refractivity contribution in [2.24, 2.45) is 0 Å². The molecule has 0 bridgehead atoms. The summed E-state index contributed by atoms with van der Waals surface area (Å²) >= 11 is 0. The first-order chi connectivity index (χ1) is 9.43. The van der Waals surface area contributed by atoms with Crippen molar-refractivity contribution in [2.75, 3.05) is 19.4 Å². The second-order valence-electron chi connectivity index (χ2n) is 4.62. The van der Waals surface area contributed by atoms with Crippen LogP contribution in [0.5, 0.6) is 0 Å². The van der Waals surface area contributed by atoms with E-state index >= 15 is 0 Å². The molecule has 1 unspecified atom stereocenters. The summed E-state index contributed by atoms with van der Waals surface area (Å²) in [6.07, 6.45) is 3.39. The van der Waals surface area contributed by atoms with E-state index in [-0.39, 0.29) is 10.9 Å². The van der Waals surface area contributed by atoms with Gasteiger partial charge in [-0.3, -0.25) is 0 Å². The molecule has 1 aromatic carbocycles. The van der Waals surface area contributed by atoms with E-state index in [2.05, 4.69) is 15.3 Å². The van der Waals surface area contributed by atoms with E-state index in [9.17, 15) is 8.42 Å². The maximum absolute atomic E-state index is 12.3. The molecule has 108 valence electrons. The van der Waals surface area contributed by atoms with Gasteiger partial charge in [0.2, 0.25) is 10.0 Å². The van der Waals surface area contributed by atoms with Gasteiger partial charge in [-0.2, -0.15) is 0 Å². The number of benzene rings is 1. The average Bonchev–Trinajstić information content (AvgIpc) is 2.93. The molecule has 0 amide bonds. The van der Waals surface area contributed by atoms with Gasteiger partial charge in [0.1, 0.15) is 10.7 Å². The van der Waals surface area contributed by atoms with Gasteiger partial charge < -0.3 is 10.3 Å². The van der Waals surface area contributed by atoms with E-state index in [0.29, 0.717) is 5.69 Å². The molecular weight excluding hydrogens is 276 g/mol. The van der Waals surface area contributed by atoms with Gasteiger partial charge >= 0.3 is 0 Å². The monoisotopic (exact) mass is 294 g/mol. The molecule has 0 spiro atoms. The Morgan fingerprint density at radius 3 is 2.60 bits per heavy atom. The summed E-state index contributed by atoms with van der Waals surface area (Å²) in [5, 5.41) is 3.17. The van der Waals surface area contributed by atoms with Crippen molar-refractivity contribution in [1.29, 1.82) is 0 Å². The molecule has 0 aliphatic carbocycles. The molecule has 0 saturated carbocycles. The van der Waals surface area contributed by atoms with Crippen LogP contribution in [0, 0.1) is 0 Å². The second kappa shape index (κ2) is 5.64. The molecule has 0 saturated heterocycles. The highest BCUT2D eigenvalue weighted by Gasteiger charge is 2.21. The molecule has 1 atom stereocenters. The Morgan fingerprint density at radius 2 is 2.00 bits per heavy atom. The van der Waals surface area contributed by atoms with Crippen molar-refractivity contribution in [2.45, 2.75) is 17.9 Å². The number of H-pyrrole nitrogens is 1. The molecule has 0 fully saturated rings. The predicted octanol–water partition coefficient (Wildman–Crippen LogP) is 1.83. The van der Waals surface area contributed by atoms with Gasteiger partial charge in [-0.05, 0) is 19.1 Å². The molecular formula is C13H18N4O2S. The summed E-state index contributed by atoms with van der Waals surface area (Å²) in [5.41, 5.74) is 0.560. The molecule has 20 heavy (non-hydrogen) atoms. The molecule has 1 heterocycles. The highest BCUT2D eigenvalue weighted by atomic mass is 32.2. The summed E-state index contributed by atoms with van der Waals surface area (Å²) in [6, 6.07) is 6.72. The number of rotatable bonds is 5. The normalized spacial score (nSPS) is 13.4. The Kier molecular flexibility index (Phi) is 4.10. The lowest BCUT2D eigenvalue weighted by Crippen LogP contribution is -2.23. The molecule has 0 aliphatic heterocycles. The third kappa shape index (κ3) is 2.83. The van der Waals surface area contributed by atoms with Crippen LogP contribution in [0.1, 0.15) is 18.8 Å². The number of nitrogens with one attached hydrogen (secondary N) is 2. The lowest BCUT2D eigenvalue weighted by Gasteiger charge is -2.18. The Morgan fingerprint density at radius 1 is 1.30 bits per heavy atom. The van der Waals surface area contributed by atoms with Gasteiger partial charge in [0.25, 0.3) is 0 Å². The van der Waals surface area contributed by atoms with Crippen LogP contribution < -0.4 is 5.32 Å². The summed E-state index contributed by atoms with van der Waals surface area (Å²) < 4.78 is 25.8. The largest absolute Gasteiger partial charge is 0.374 e. The van der Waals surface area contributed by atoms with Gasteiger partial charge in [0.15, 0.2) is 0 Å². The van der Waals surface area contributed by atoms with E-state index in [1.165, 1.54) is 18.4 Å². The van der Waals surface area contributed by atoms with Gasteiger partial charge in [-0.1, -0.05) is 12.1 Å². The lowest BCUT2D eigenvalue weighted by atomic mass is 10.2. The minimum Gasteiger partial charge on any atom is -0.374 e. The number of aromatic nitrogens is 2. The average molecular weight is 294 g/mol. The van der Waals surface area contributed by atoms with Crippen molar-refractivity contribution in [3.8, 4) is 0 Å². The Hall–Kier alpha value is -1.86. The number of sulfonamides is 1. The number of para-hydroxylation sites is 1. The Bertz CT molecular complexity index is 665. The van der Waals surface area contributed by atoms with E-state index in [1.807, 2.05) is 6.92 Å². The van der Waals surface area contributed by atoms with Gasteiger partial charge in [0, 0.05) is 26.5 Å². The van der Waals surface area contributed by atoms with E-state index in [1.54, 1.807) is 36.7 Å². The minimum absolute atomic E-state index is 0.122. The minimum atomic E-state index is -3.48. The maximum Gasteiger partial charge on any atom is 0.244 e. The van der Waals surface area contributed by atoms with Gasteiger partial charge in [-0.15, -0.1) is 0 Å². The molecule has 2 aromatic rings. The van der Waals surface area contributed by atoms with Crippen LogP contribution in [-0.4, -0.2) is 36.8 Å². The number of hydrogen-bond donors (Lipinski definition) is 2. The van der Waals surface area contributed by atoms with Crippen LogP contribution in [0.2, 0.25) is 0 Å². The van der Waals surface area contributed by atoms with Crippen LogP contribution in [0.4, 0.5) is 5.69 Å². The quantitative estimate of drug-likeness (QED) is 0.882. The smallest absolute Gasteiger partial charge is 0.244 e. The van der Waals surface area contributed by atoms with E-state index in [4.69, 9.17) is 0 Å². The summed E-state index contributed by atoms with van der Waals surface area (Å²) in [6.45, 7) is 1.91. The predicted molar refractivity (Wildman–Crippen MR) is 77.9 cm³/mol. The molecule has 6 nitrogen and oxygen atoms in total. The van der Waals surface area contributed by atoms with Gasteiger partial charge in [0.05, 0.1) is 11.7 Å². The highest BCUT2D eigenvalue weighted by molar-refractivity contribution is 7.89. The van der Waals surface area contributed by atoms with Crippen LogP contribution in [-0.2, 0) is 10.0 Å². The highest BCUT2D eigenvalue weighted by Crippen LogP contribution is 2.26. The summed E-state index contributed by atoms with van der Waals surface area (Å²) in [5.74, 6) is 0.752. The van der Waals surface area contributed by atoms with Gasteiger partial charge in [-0.25, -0.2) is 17.7 Å². The second-order valence-corrected chi connectivity index (χ2v) is 6.74. The fourth-order valence-electron chi connectivity index (χ4n) is 1.82. The molecule has 2 N–H and O–H groups in total. The lowest BCUT2D eigenvalue weighted by molar-refractivity contribution is 0.521. The topological polar surface area (TPSA) is 78.1 Å². The van der Waals surface area contributed by atoms with Crippen LogP contribution >= 0.6 is 0 Å². The molecule has 1 aromatic heterocycles. The zero-order valence-corrected chi connectivity index (χ0v) is 12.5. The first-order valence-corrected chi connectivity index (χ1v) is 7.64. The fraction of sp³-hybridized carbons (Fsp3) is 0.308. The summed E-state index contributed by atoms with van der Waals surface area (Å²) in [4.78, 5) is 7.42. The molecule has 0 aliphatic rings. The van der Waals surface area contributed by atoms with Crippen molar-refractivity contribution >= 4 is 15.7 Å². The zero-order valence-electron chi connectivity index (χ0n) is 11.7. The maximum atomic E-state index is 12.3. The van der Waals surface area contributed by atoms with Crippen molar-refractivity contribution in [3.05, 3.63) is 42.5 Å². The Labute approximate surface area is 118 Å². The fourth-order valence-corrected chi connectivity index (χ4v) is 2.87. The number of aromatic amines is 1. The standard InChI is InChI=1S/C13H18N4O2S/c1-10(13-14-8-9-15-13)16-11-6-4-5-7-12(11)20(18,19)17(2)3/h4-10,16H,1-3H3,(H,14,15). The first-order valence-electron chi connectivity index (χ1n) is 6.20. The SMILES string of the molecule is CC(Nc1ccccc1S(=O)(=O)N(C)C)c1ncc[nH]1. The van der Waals surface area contributed by atoms with Crippen molar-refractivity contribution < 1.29 is 8.42 Å². The van der Waals surface area contributed by atoms with Crippen molar-refractivity contribution in [3.63, 3.8) is 0 Å². The third-order valence-corrected chi connectivity index (χ3v) is 4.82. The van der Waals surface area contributed by atoms with E-state index < -0.39 is 10.0 Å². The summed E-state index contributed by atoms with van der Waals surface area (Å²) in [7, 11) is -0.450. The van der Waals surface area contributed by atoms with Crippen LogP contribution in [0.25, 0.3) is 0 Å². The van der Waals surface area contributed by atoms with Crippen molar-refractivity contribution in [1.82, 2.24) is 14.3 Å². The molecule has 0 radical (unpaired) electrons. The first kappa shape index (κ1) is 14.5. The van der Waals surface area contributed by atoms with E-state index in [0.717, 1.165) is 5.82 Å². The number of anilines is 1. The molecule has 7 heteroatoms. The number of hydrogen-bond acceptors (Lipinski definition) is 4. The number of imidazole rings is 1. The van der Waals surface area contributed by atoms with Crippen LogP contribution in [0.3, 0.4) is 0 Å². The third-order valence-electron chi connectivity index (χ3n) is 2.95. The zero-order chi connectivity index (χ0) is 14.8. The number of nitrogens with zero attached hydrogens (tertiary/aromatic N) is 2.